The van der Waals surface area contributed by atoms with E-state index in [0.29, 0.717) is 0 Å². The zero-order valence-corrected chi connectivity index (χ0v) is 22.3. The summed E-state index contributed by atoms with van der Waals surface area (Å²) in [6.07, 6.45) is 5.66. The Balaban J connectivity index is 1.46. The highest BCUT2D eigenvalue weighted by atomic mass is 15.0. The van der Waals surface area contributed by atoms with Crippen molar-refractivity contribution in [3.8, 4) is 39.2 Å². The van der Waals surface area contributed by atoms with Gasteiger partial charge in [-0.2, -0.15) is 0 Å². The van der Waals surface area contributed by atoms with E-state index in [1.807, 2.05) is 30.7 Å². The lowest BCUT2D eigenvalue weighted by Gasteiger charge is -2.14. The fourth-order valence-electron chi connectivity index (χ4n) is 5.91. The van der Waals surface area contributed by atoms with Gasteiger partial charge in [0.25, 0.3) is 0 Å². The van der Waals surface area contributed by atoms with Crippen LogP contribution in [-0.2, 0) is 0 Å². The minimum absolute atomic E-state index is 0.968. The molecule has 0 spiro atoms. The molecular weight excluding hydrogens is 498 g/mol. The van der Waals surface area contributed by atoms with Gasteiger partial charge in [0.05, 0.1) is 16.7 Å². The topological polar surface area (TPSA) is 30.7 Å². The van der Waals surface area contributed by atoms with E-state index >= 15 is 0 Å². The second kappa shape index (κ2) is 9.58. The van der Waals surface area contributed by atoms with Crippen LogP contribution in [0.2, 0.25) is 0 Å². The fourth-order valence-corrected chi connectivity index (χ4v) is 5.91. The molecule has 0 amide bonds. The number of pyridine rings is 2. The Kier molecular flexibility index (Phi) is 5.46. The van der Waals surface area contributed by atoms with E-state index in [0.717, 1.165) is 27.8 Å². The number of rotatable bonds is 4. The van der Waals surface area contributed by atoms with Crippen molar-refractivity contribution in [2.24, 2.45) is 0 Å². The largest absolute Gasteiger partial charge is 0.309 e. The molecular formula is C38H25N3. The smallest absolute Gasteiger partial charge is 0.0702 e. The summed E-state index contributed by atoms with van der Waals surface area (Å²) < 4.78 is 2.41. The molecule has 8 rings (SSSR count). The highest BCUT2D eigenvalue weighted by Crippen LogP contribution is 2.39. The number of hydrogen-bond donors (Lipinski definition) is 0. The lowest BCUT2D eigenvalue weighted by molar-refractivity contribution is 1.18. The van der Waals surface area contributed by atoms with Crippen molar-refractivity contribution in [3.05, 3.63) is 152 Å². The zero-order chi connectivity index (χ0) is 27.2. The monoisotopic (exact) mass is 523 g/mol. The van der Waals surface area contributed by atoms with Crippen LogP contribution in [-0.4, -0.2) is 14.5 Å². The lowest BCUT2D eigenvalue weighted by Crippen LogP contribution is -1.96. The maximum absolute atomic E-state index is 4.62. The second-order valence-corrected chi connectivity index (χ2v) is 10.4. The van der Waals surface area contributed by atoms with E-state index < -0.39 is 0 Å². The molecule has 0 unspecified atom stereocenters. The van der Waals surface area contributed by atoms with E-state index in [2.05, 4.69) is 136 Å². The Morgan fingerprint density at radius 3 is 1.85 bits per heavy atom. The van der Waals surface area contributed by atoms with Crippen molar-refractivity contribution in [1.82, 2.24) is 14.5 Å². The van der Waals surface area contributed by atoms with Gasteiger partial charge in [0.2, 0.25) is 0 Å². The van der Waals surface area contributed by atoms with Gasteiger partial charge in [-0.15, -0.1) is 0 Å². The molecule has 3 aromatic heterocycles. The van der Waals surface area contributed by atoms with Crippen molar-refractivity contribution in [2.45, 2.75) is 0 Å². The first-order chi connectivity index (χ1) is 20.3. The van der Waals surface area contributed by atoms with Crippen LogP contribution >= 0.6 is 0 Å². The summed E-state index contributed by atoms with van der Waals surface area (Å²) in [5.41, 5.74) is 10.3. The third kappa shape index (κ3) is 4.07. The van der Waals surface area contributed by atoms with Crippen molar-refractivity contribution in [1.29, 1.82) is 0 Å². The van der Waals surface area contributed by atoms with E-state index in [9.17, 15) is 0 Å². The van der Waals surface area contributed by atoms with Crippen molar-refractivity contribution < 1.29 is 0 Å². The summed E-state index contributed by atoms with van der Waals surface area (Å²) in [5, 5.41) is 4.69. The van der Waals surface area contributed by atoms with Gasteiger partial charge in [-0.3, -0.25) is 9.97 Å². The summed E-state index contributed by atoms with van der Waals surface area (Å²) in [7, 11) is 0. The molecule has 0 fully saturated rings. The Labute approximate surface area is 238 Å². The van der Waals surface area contributed by atoms with Gasteiger partial charge in [-0.05, 0) is 88.3 Å². The molecule has 0 N–H and O–H groups in total. The zero-order valence-electron chi connectivity index (χ0n) is 22.3. The van der Waals surface area contributed by atoms with Crippen molar-refractivity contribution >= 4 is 32.6 Å². The number of aromatic nitrogens is 3. The Bertz CT molecular complexity index is 2120. The average molecular weight is 524 g/mol. The summed E-state index contributed by atoms with van der Waals surface area (Å²) in [5.74, 6) is 0. The maximum atomic E-state index is 4.62. The van der Waals surface area contributed by atoms with Crippen LogP contribution in [0.4, 0.5) is 0 Å². The molecule has 41 heavy (non-hydrogen) atoms. The molecule has 3 heteroatoms. The summed E-state index contributed by atoms with van der Waals surface area (Å²) >= 11 is 0. The summed E-state index contributed by atoms with van der Waals surface area (Å²) in [6.45, 7) is 0. The normalized spacial score (nSPS) is 11.4. The van der Waals surface area contributed by atoms with Crippen LogP contribution in [0.25, 0.3) is 71.8 Å². The molecule has 8 aromatic rings. The van der Waals surface area contributed by atoms with Crippen LogP contribution in [0.3, 0.4) is 0 Å². The molecule has 3 heterocycles. The van der Waals surface area contributed by atoms with E-state index in [1.54, 1.807) is 0 Å². The van der Waals surface area contributed by atoms with Crippen LogP contribution in [0, 0.1) is 0 Å². The summed E-state index contributed by atoms with van der Waals surface area (Å²) in [6, 6.07) is 47.6. The molecule has 3 nitrogen and oxygen atoms in total. The van der Waals surface area contributed by atoms with Gasteiger partial charge >= 0.3 is 0 Å². The predicted molar refractivity (Wildman–Crippen MR) is 170 cm³/mol. The first kappa shape index (κ1) is 23.4. The molecule has 0 bridgehead atoms. The maximum Gasteiger partial charge on any atom is 0.0702 e. The molecule has 5 aromatic carbocycles. The van der Waals surface area contributed by atoms with E-state index in [-0.39, 0.29) is 0 Å². The quantitative estimate of drug-likeness (QED) is 0.230. The fraction of sp³-hybridized carbons (Fsp3) is 0. The molecule has 0 aliphatic carbocycles. The molecule has 0 atom stereocenters. The SMILES string of the molecule is c1ccc(-c2cc(-c3ccccc3)cc(-n3c4ccc(-c5ccccn5)cc4c4cc5cnccc5cc43)c2)cc1. The average Bonchev–Trinajstić information content (AvgIpc) is 3.37. The van der Waals surface area contributed by atoms with Crippen LogP contribution in [0.5, 0.6) is 0 Å². The van der Waals surface area contributed by atoms with Crippen molar-refractivity contribution in [2.75, 3.05) is 0 Å². The van der Waals surface area contributed by atoms with Crippen LogP contribution in [0.1, 0.15) is 0 Å². The van der Waals surface area contributed by atoms with E-state index in [1.165, 1.54) is 43.9 Å². The lowest BCUT2D eigenvalue weighted by atomic mass is 9.98. The third-order valence-electron chi connectivity index (χ3n) is 7.87. The minimum atomic E-state index is 0.968. The predicted octanol–water partition coefficient (Wildman–Crippen LogP) is 9.73. The van der Waals surface area contributed by atoms with Gasteiger partial charge in [-0.25, -0.2) is 0 Å². The first-order valence-corrected chi connectivity index (χ1v) is 13.8. The number of nitrogens with zero attached hydrogens (tertiary/aromatic N) is 3. The molecule has 0 radical (unpaired) electrons. The van der Waals surface area contributed by atoms with E-state index in [4.69, 9.17) is 0 Å². The van der Waals surface area contributed by atoms with Crippen LogP contribution in [0.15, 0.2) is 152 Å². The molecule has 0 aliphatic heterocycles. The minimum Gasteiger partial charge on any atom is -0.309 e. The Morgan fingerprint density at radius 2 is 1.15 bits per heavy atom. The second-order valence-electron chi connectivity index (χ2n) is 10.4. The molecule has 0 saturated heterocycles. The number of benzene rings is 5. The number of hydrogen-bond acceptors (Lipinski definition) is 2. The standard InChI is InChI=1S/C38H25N3/c1-3-9-26(10-4-1)30-19-31(27-11-5-2-6-12-27)21-33(20-30)41-37-15-14-29(36-13-7-8-17-40-36)22-34(37)35-23-32-25-39-18-16-28(32)24-38(35)41/h1-25H. The molecule has 192 valence electrons. The molecule has 0 aliphatic rings. The van der Waals surface area contributed by atoms with Gasteiger partial charge < -0.3 is 4.57 Å². The van der Waals surface area contributed by atoms with Gasteiger partial charge in [-0.1, -0.05) is 72.8 Å². The molecule has 0 saturated carbocycles. The van der Waals surface area contributed by atoms with Crippen molar-refractivity contribution in [3.63, 3.8) is 0 Å². The van der Waals surface area contributed by atoms with Gasteiger partial charge in [0.15, 0.2) is 0 Å². The van der Waals surface area contributed by atoms with Crippen LogP contribution < -0.4 is 0 Å². The third-order valence-corrected chi connectivity index (χ3v) is 7.87. The first-order valence-electron chi connectivity index (χ1n) is 13.8. The highest BCUT2D eigenvalue weighted by molar-refractivity contribution is 6.14. The highest BCUT2D eigenvalue weighted by Gasteiger charge is 2.16. The summed E-state index contributed by atoms with van der Waals surface area (Å²) in [4.78, 5) is 9.03. The number of fused-ring (bicyclic) bond motifs is 4. The Morgan fingerprint density at radius 1 is 0.439 bits per heavy atom. The Hall–Kier alpha value is -5.54. The van der Waals surface area contributed by atoms with Gasteiger partial charge in [0.1, 0.15) is 0 Å². The van der Waals surface area contributed by atoms with Gasteiger partial charge in [0, 0.05) is 46.0 Å².